The Labute approximate surface area is 161 Å². The van der Waals surface area contributed by atoms with Crippen LogP contribution >= 0.6 is 11.6 Å². The van der Waals surface area contributed by atoms with Crippen LogP contribution in [0.15, 0.2) is 40.1 Å². The Morgan fingerprint density at radius 3 is 2.57 bits per heavy atom. The van der Waals surface area contributed by atoms with Crippen LogP contribution in [-0.4, -0.2) is 33.5 Å². The number of aliphatic hydroxyl groups is 1. The highest BCUT2D eigenvalue weighted by molar-refractivity contribution is 6.30. The fraction of sp³-hybridized carbons (Fsp3) is 0.412. The van der Waals surface area contributed by atoms with E-state index in [0.29, 0.717) is 15.8 Å². The molecule has 1 aromatic heterocycles. The number of aromatic nitrogens is 2. The number of hydrogen-bond acceptors (Lipinski definition) is 5. The van der Waals surface area contributed by atoms with Crippen molar-refractivity contribution in [1.82, 2.24) is 9.55 Å². The minimum Gasteiger partial charge on any atom is -0.394 e. The Morgan fingerprint density at radius 1 is 1.29 bits per heavy atom. The second-order valence-corrected chi connectivity index (χ2v) is 6.67. The van der Waals surface area contributed by atoms with E-state index >= 15 is 0 Å². The number of halogens is 4. The molecule has 152 valence electrons. The van der Waals surface area contributed by atoms with E-state index in [4.69, 9.17) is 21.1 Å². The van der Waals surface area contributed by atoms with Crippen molar-refractivity contribution in [3.8, 4) is 0 Å². The predicted molar refractivity (Wildman–Crippen MR) is 92.0 cm³/mol. The van der Waals surface area contributed by atoms with E-state index in [9.17, 15) is 27.9 Å². The maximum atomic E-state index is 13.0. The fourth-order valence-electron chi connectivity index (χ4n) is 2.90. The summed E-state index contributed by atoms with van der Waals surface area (Å²) in [5.41, 5.74) is -3.29. The lowest BCUT2D eigenvalue weighted by Crippen LogP contribution is -2.36. The Bertz CT molecular complexity index is 942. The molecule has 2 N–H and O–H groups in total. The first kappa shape index (κ1) is 20.6. The number of alkyl halides is 3. The molecule has 1 aliphatic rings. The second kappa shape index (κ2) is 8.08. The monoisotopic (exact) mass is 420 g/mol. The Kier molecular flexibility index (Phi) is 5.94. The minimum atomic E-state index is -4.93. The normalized spacial score (nSPS) is 22.5. The molecule has 7 nitrogen and oxygen atoms in total. The lowest BCUT2D eigenvalue weighted by atomic mass is 10.1. The largest absolute Gasteiger partial charge is 0.423 e. The molecule has 1 unspecified atom stereocenters. The van der Waals surface area contributed by atoms with Crippen molar-refractivity contribution in [3.63, 3.8) is 0 Å². The van der Waals surface area contributed by atoms with E-state index < -0.39 is 48.0 Å². The van der Waals surface area contributed by atoms with Gasteiger partial charge in [0.25, 0.3) is 5.56 Å². The summed E-state index contributed by atoms with van der Waals surface area (Å²) in [6.45, 7) is -0.297. The molecule has 28 heavy (non-hydrogen) atoms. The third kappa shape index (κ3) is 4.46. The lowest BCUT2D eigenvalue weighted by Gasteiger charge is -2.16. The summed E-state index contributed by atoms with van der Waals surface area (Å²) in [6.07, 6.45) is -7.13. The Hall–Kier alpha value is -2.14. The van der Waals surface area contributed by atoms with Crippen molar-refractivity contribution < 1.29 is 27.8 Å². The molecule has 2 heterocycles. The molecule has 1 aliphatic heterocycles. The molecule has 1 fully saturated rings. The maximum absolute atomic E-state index is 13.0. The van der Waals surface area contributed by atoms with Crippen molar-refractivity contribution in [2.24, 2.45) is 0 Å². The first-order valence-electron chi connectivity index (χ1n) is 8.24. The lowest BCUT2D eigenvalue weighted by molar-refractivity contribution is -0.139. The van der Waals surface area contributed by atoms with E-state index in [0.717, 1.165) is 5.56 Å². The number of hydrogen-bond donors (Lipinski definition) is 2. The molecule has 0 radical (unpaired) electrons. The molecule has 0 amide bonds. The summed E-state index contributed by atoms with van der Waals surface area (Å²) < 4.78 is 50.7. The van der Waals surface area contributed by atoms with Gasteiger partial charge >= 0.3 is 11.9 Å². The average molecular weight is 421 g/mol. The molecule has 0 bridgehead atoms. The van der Waals surface area contributed by atoms with Gasteiger partial charge in [0.2, 0.25) is 0 Å². The van der Waals surface area contributed by atoms with E-state index in [1.54, 1.807) is 29.2 Å². The molecule has 0 spiro atoms. The number of benzene rings is 1. The Balaban J connectivity index is 1.78. The zero-order valence-corrected chi connectivity index (χ0v) is 15.0. The molecular weight excluding hydrogens is 405 g/mol. The summed E-state index contributed by atoms with van der Waals surface area (Å²) >= 11 is 5.81. The van der Waals surface area contributed by atoms with Gasteiger partial charge in [0.15, 0.2) is 0 Å². The predicted octanol–water partition coefficient (Wildman–Crippen LogP) is 2.07. The summed E-state index contributed by atoms with van der Waals surface area (Å²) in [7, 11) is 0. The first-order valence-corrected chi connectivity index (χ1v) is 8.62. The highest BCUT2D eigenvalue weighted by Gasteiger charge is 2.39. The highest BCUT2D eigenvalue weighted by atomic mass is 35.5. The van der Waals surface area contributed by atoms with Crippen LogP contribution in [0.25, 0.3) is 0 Å². The van der Waals surface area contributed by atoms with Crippen LogP contribution in [0.3, 0.4) is 0 Å². The van der Waals surface area contributed by atoms with Crippen molar-refractivity contribution in [1.29, 1.82) is 0 Å². The average Bonchev–Trinajstić information content (AvgIpc) is 3.03. The van der Waals surface area contributed by atoms with Crippen LogP contribution in [0.2, 0.25) is 5.02 Å². The van der Waals surface area contributed by atoms with Gasteiger partial charge in [-0.2, -0.15) is 13.2 Å². The number of rotatable bonds is 5. The fourth-order valence-corrected chi connectivity index (χ4v) is 3.02. The molecule has 0 saturated carbocycles. The molecule has 3 rings (SSSR count). The number of ether oxygens (including phenoxy) is 2. The third-order valence-electron chi connectivity index (χ3n) is 4.32. The number of H-pyrrole nitrogens is 1. The van der Waals surface area contributed by atoms with Crippen LogP contribution in [0, 0.1) is 0 Å². The van der Waals surface area contributed by atoms with Crippen LogP contribution < -0.4 is 11.2 Å². The van der Waals surface area contributed by atoms with Crippen molar-refractivity contribution in [2.75, 3.05) is 6.61 Å². The van der Waals surface area contributed by atoms with Crippen LogP contribution in [-0.2, 0) is 22.3 Å². The second-order valence-electron chi connectivity index (χ2n) is 6.23. The van der Waals surface area contributed by atoms with E-state index in [1.165, 1.54) is 0 Å². The molecule has 0 aliphatic carbocycles. The van der Waals surface area contributed by atoms with Gasteiger partial charge in [0.1, 0.15) is 17.9 Å². The smallest absolute Gasteiger partial charge is 0.394 e. The zero-order valence-electron chi connectivity index (χ0n) is 14.3. The van der Waals surface area contributed by atoms with E-state index in [2.05, 4.69) is 0 Å². The SMILES string of the molecule is O=c1[nH]c(=O)n([C@@H]2CC(OCc3ccc(Cl)cc3)[C@H](CO)O2)cc1C(F)(F)F. The molecule has 1 saturated heterocycles. The van der Waals surface area contributed by atoms with E-state index in [1.807, 2.05) is 0 Å². The Morgan fingerprint density at radius 2 is 1.96 bits per heavy atom. The van der Waals surface area contributed by atoms with Gasteiger partial charge in [0.05, 0.1) is 19.3 Å². The summed E-state index contributed by atoms with van der Waals surface area (Å²) in [4.78, 5) is 25.0. The molecule has 2 aromatic rings. The van der Waals surface area contributed by atoms with Gasteiger partial charge in [-0.15, -0.1) is 0 Å². The van der Waals surface area contributed by atoms with Crippen molar-refractivity contribution >= 4 is 11.6 Å². The number of nitrogens with one attached hydrogen (secondary N) is 1. The highest BCUT2D eigenvalue weighted by Crippen LogP contribution is 2.32. The third-order valence-corrected chi connectivity index (χ3v) is 4.57. The standard InChI is InChI=1S/C17H16ClF3N2O5/c18-10-3-1-9(2-4-10)8-27-12-5-14(28-13(12)7-24)23-6-11(17(19,20)21)15(25)22-16(23)26/h1-4,6,12-14,24H,5,7-8H2,(H,22,25,26)/t12?,13-,14-/m0/s1. The van der Waals surface area contributed by atoms with Crippen LogP contribution in [0.5, 0.6) is 0 Å². The summed E-state index contributed by atoms with van der Waals surface area (Å²) in [6, 6.07) is 6.84. The topological polar surface area (TPSA) is 93.6 Å². The quantitative estimate of drug-likeness (QED) is 0.772. The zero-order chi connectivity index (χ0) is 20.5. The molecule has 3 atom stereocenters. The number of aromatic amines is 1. The van der Waals surface area contributed by atoms with Gasteiger partial charge in [-0.05, 0) is 17.7 Å². The molecule has 1 aromatic carbocycles. The van der Waals surface area contributed by atoms with Gasteiger partial charge in [0, 0.05) is 17.6 Å². The van der Waals surface area contributed by atoms with Crippen molar-refractivity contribution in [2.45, 2.75) is 37.6 Å². The van der Waals surface area contributed by atoms with Gasteiger partial charge < -0.3 is 14.6 Å². The number of aliphatic hydroxyl groups excluding tert-OH is 1. The summed E-state index contributed by atoms with van der Waals surface area (Å²) in [5, 5.41) is 10.0. The number of nitrogens with zero attached hydrogens (tertiary/aromatic N) is 1. The van der Waals surface area contributed by atoms with Gasteiger partial charge in [-0.3, -0.25) is 14.3 Å². The minimum absolute atomic E-state index is 0.0159. The van der Waals surface area contributed by atoms with E-state index in [-0.39, 0.29) is 13.0 Å². The van der Waals surface area contributed by atoms with Gasteiger partial charge in [-0.25, -0.2) is 4.79 Å². The van der Waals surface area contributed by atoms with Crippen molar-refractivity contribution in [3.05, 3.63) is 67.4 Å². The van der Waals surface area contributed by atoms with Crippen LogP contribution in [0.4, 0.5) is 13.2 Å². The molecular formula is C17H16ClF3N2O5. The van der Waals surface area contributed by atoms with Crippen LogP contribution in [0.1, 0.15) is 23.8 Å². The maximum Gasteiger partial charge on any atom is 0.423 e. The molecule has 11 heteroatoms. The first-order chi connectivity index (χ1) is 13.2. The van der Waals surface area contributed by atoms with Gasteiger partial charge in [-0.1, -0.05) is 23.7 Å². The summed E-state index contributed by atoms with van der Waals surface area (Å²) in [5.74, 6) is 0.